The van der Waals surface area contributed by atoms with Crippen molar-refractivity contribution >= 4 is 33.3 Å². The lowest BCUT2D eigenvalue weighted by Gasteiger charge is -2.05. The van der Waals surface area contributed by atoms with E-state index in [2.05, 4.69) is 15.3 Å². The van der Waals surface area contributed by atoms with Crippen molar-refractivity contribution in [3.8, 4) is 11.3 Å². The molecule has 0 unspecified atom stereocenters. The van der Waals surface area contributed by atoms with Crippen molar-refractivity contribution in [3.63, 3.8) is 0 Å². The fourth-order valence-corrected chi connectivity index (χ4v) is 3.47. The van der Waals surface area contributed by atoms with Crippen molar-refractivity contribution in [1.82, 2.24) is 9.97 Å². The minimum atomic E-state index is -0.291. The summed E-state index contributed by atoms with van der Waals surface area (Å²) in [5.41, 5.74) is 3.21. The van der Waals surface area contributed by atoms with Gasteiger partial charge in [0.1, 0.15) is 5.82 Å². The van der Waals surface area contributed by atoms with Gasteiger partial charge in [0.15, 0.2) is 5.13 Å². The van der Waals surface area contributed by atoms with Crippen molar-refractivity contribution in [2.45, 2.75) is 6.42 Å². The lowest BCUT2D eigenvalue weighted by Crippen LogP contribution is -2.14. The molecular formula is C20H14FN3OS. The summed E-state index contributed by atoms with van der Waals surface area (Å²) in [6, 6.07) is 15.7. The summed E-state index contributed by atoms with van der Waals surface area (Å²) in [4.78, 5) is 21.2. The summed E-state index contributed by atoms with van der Waals surface area (Å²) in [5, 5.41) is 6.18. The highest BCUT2D eigenvalue weighted by molar-refractivity contribution is 7.14. The van der Waals surface area contributed by atoms with E-state index in [1.165, 1.54) is 23.5 Å². The van der Waals surface area contributed by atoms with Crippen molar-refractivity contribution in [2.75, 3.05) is 5.32 Å². The normalized spacial score (nSPS) is 10.8. The first-order chi connectivity index (χ1) is 12.7. The molecule has 0 spiro atoms. The highest BCUT2D eigenvalue weighted by Gasteiger charge is 2.11. The third-order valence-electron chi connectivity index (χ3n) is 3.96. The second kappa shape index (κ2) is 7.01. The first-order valence-electron chi connectivity index (χ1n) is 8.03. The molecule has 0 fully saturated rings. The van der Waals surface area contributed by atoms with Crippen LogP contribution >= 0.6 is 11.3 Å². The molecule has 0 bridgehead atoms. The van der Waals surface area contributed by atoms with Crippen LogP contribution in [0.25, 0.3) is 22.2 Å². The summed E-state index contributed by atoms with van der Waals surface area (Å²) in [6.45, 7) is 0. The number of aromatic nitrogens is 2. The highest BCUT2D eigenvalue weighted by Crippen LogP contribution is 2.25. The smallest absolute Gasteiger partial charge is 0.230 e. The van der Waals surface area contributed by atoms with Gasteiger partial charge >= 0.3 is 0 Å². The molecule has 0 atom stereocenters. The van der Waals surface area contributed by atoms with Crippen LogP contribution in [0.3, 0.4) is 0 Å². The molecule has 0 saturated heterocycles. The van der Waals surface area contributed by atoms with Crippen LogP contribution in [0.5, 0.6) is 0 Å². The first kappa shape index (κ1) is 16.4. The topological polar surface area (TPSA) is 54.9 Å². The average molecular weight is 363 g/mol. The Bertz CT molecular complexity index is 1070. The third-order valence-corrected chi connectivity index (χ3v) is 4.72. The zero-order chi connectivity index (χ0) is 17.9. The van der Waals surface area contributed by atoms with Crippen LogP contribution in [0.4, 0.5) is 9.52 Å². The van der Waals surface area contributed by atoms with Crippen molar-refractivity contribution in [3.05, 3.63) is 77.6 Å². The number of nitrogens with zero attached hydrogens (tertiary/aromatic N) is 2. The SMILES string of the molecule is O=C(Cc1cccc2cccnc12)Nc1nc(-c2ccc(F)cc2)cs1. The Morgan fingerprint density at radius 2 is 1.88 bits per heavy atom. The number of fused-ring (bicyclic) bond motifs is 1. The standard InChI is InChI=1S/C20H14FN3OS/c21-16-8-6-13(7-9-16)17-12-26-20(23-17)24-18(25)11-15-4-1-3-14-5-2-10-22-19(14)15/h1-10,12H,11H2,(H,23,24,25). The fourth-order valence-electron chi connectivity index (χ4n) is 2.73. The van der Waals surface area contributed by atoms with Crippen LogP contribution < -0.4 is 5.32 Å². The van der Waals surface area contributed by atoms with Crippen LogP contribution in [-0.2, 0) is 11.2 Å². The minimum absolute atomic E-state index is 0.150. The van der Waals surface area contributed by atoms with Gasteiger partial charge in [-0.15, -0.1) is 11.3 Å². The fraction of sp³-hybridized carbons (Fsp3) is 0.0500. The Hall–Kier alpha value is -3.12. The number of carbonyl (C=O) groups is 1. The number of benzene rings is 2. The van der Waals surface area contributed by atoms with E-state index < -0.39 is 0 Å². The van der Waals surface area contributed by atoms with Gasteiger partial charge in [0, 0.05) is 22.5 Å². The molecule has 0 aliphatic carbocycles. The number of amides is 1. The van der Waals surface area contributed by atoms with E-state index in [9.17, 15) is 9.18 Å². The van der Waals surface area contributed by atoms with Gasteiger partial charge in [-0.05, 0) is 35.9 Å². The number of hydrogen-bond acceptors (Lipinski definition) is 4. The van der Waals surface area contributed by atoms with Gasteiger partial charge in [-0.3, -0.25) is 9.78 Å². The third kappa shape index (κ3) is 3.45. The molecule has 1 amide bonds. The van der Waals surface area contributed by atoms with Crippen LogP contribution in [0.15, 0.2) is 66.2 Å². The van der Waals surface area contributed by atoms with Gasteiger partial charge in [0.05, 0.1) is 17.6 Å². The zero-order valence-electron chi connectivity index (χ0n) is 13.6. The molecule has 0 saturated carbocycles. The Kier molecular flexibility index (Phi) is 4.41. The number of carbonyl (C=O) groups excluding carboxylic acids is 1. The predicted octanol–water partition coefficient (Wildman–Crippen LogP) is 4.68. The Labute approximate surface area is 153 Å². The molecule has 4 nitrogen and oxygen atoms in total. The summed E-state index contributed by atoms with van der Waals surface area (Å²) >= 11 is 1.34. The van der Waals surface area contributed by atoms with Gasteiger partial charge in [0.25, 0.3) is 0 Å². The molecule has 4 rings (SSSR count). The lowest BCUT2D eigenvalue weighted by molar-refractivity contribution is -0.115. The molecule has 0 aliphatic rings. The number of thiazole rings is 1. The number of pyridine rings is 1. The summed E-state index contributed by atoms with van der Waals surface area (Å²) in [5.74, 6) is -0.440. The number of hydrogen-bond donors (Lipinski definition) is 1. The molecule has 2 aromatic carbocycles. The van der Waals surface area contributed by atoms with Crippen LogP contribution in [0.2, 0.25) is 0 Å². The molecule has 2 aromatic heterocycles. The number of anilines is 1. The molecule has 1 N–H and O–H groups in total. The van der Waals surface area contributed by atoms with E-state index in [4.69, 9.17) is 0 Å². The molecule has 6 heteroatoms. The Balaban J connectivity index is 1.49. The number of nitrogens with one attached hydrogen (secondary N) is 1. The van der Waals surface area contributed by atoms with Crippen LogP contribution in [0, 0.1) is 5.82 Å². The average Bonchev–Trinajstić information content (AvgIpc) is 3.11. The minimum Gasteiger partial charge on any atom is -0.302 e. The van der Waals surface area contributed by atoms with E-state index in [0.717, 1.165) is 22.0 Å². The molecular weight excluding hydrogens is 349 g/mol. The quantitative estimate of drug-likeness (QED) is 0.573. The highest BCUT2D eigenvalue weighted by atomic mass is 32.1. The van der Waals surface area contributed by atoms with Gasteiger partial charge in [-0.2, -0.15) is 0 Å². The summed E-state index contributed by atoms with van der Waals surface area (Å²) < 4.78 is 13.0. The summed E-state index contributed by atoms with van der Waals surface area (Å²) in [6.07, 6.45) is 1.94. The van der Waals surface area contributed by atoms with E-state index in [0.29, 0.717) is 10.8 Å². The van der Waals surface area contributed by atoms with Gasteiger partial charge in [-0.1, -0.05) is 24.3 Å². The predicted molar refractivity (Wildman–Crippen MR) is 102 cm³/mol. The zero-order valence-corrected chi connectivity index (χ0v) is 14.5. The van der Waals surface area contributed by atoms with Crippen molar-refractivity contribution < 1.29 is 9.18 Å². The number of halogens is 1. The van der Waals surface area contributed by atoms with Gasteiger partial charge in [0.2, 0.25) is 5.91 Å². The van der Waals surface area contributed by atoms with Crippen LogP contribution in [-0.4, -0.2) is 15.9 Å². The largest absolute Gasteiger partial charge is 0.302 e. The van der Waals surface area contributed by atoms with E-state index >= 15 is 0 Å². The summed E-state index contributed by atoms with van der Waals surface area (Å²) in [7, 11) is 0. The second-order valence-corrected chi connectivity index (χ2v) is 6.62. The van der Waals surface area contributed by atoms with Crippen molar-refractivity contribution in [2.24, 2.45) is 0 Å². The maximum Gasteiger partial charge on any atom is 0.230 e. The van der Waals surface area contributed by atoms with Gasteiger partial charge in [-0.25, -0.2) is 9.37 Å². The monoisotopic (exact) mass is 363 g/mol. The first-order valence-corrected chi connectivity index (χ1v) is 8.91. The maximum absolute atomic E-state index is 13.0. The Morgan fingerprint density at radius 3 is 2.73 bits per heavy atom. The van der Waals surface area contributed by atoms with Crippen molar-refractivity contribution in [1.29, 1.82) is 0 Å². The lowest BCUT2D eigenvalue weighted by atomic mass is 10.1. The molecule has 26 heavy (non-hydrogen) atoms. The van der Waals surface area contributed by atoms with E-state index in [1.807, 2.05) is 35.7 Å². The number of rotatable bonds is 4. The second-order valence-electron chi connectivity index (χ2n) is 5.76. The molecule has 2 heterocycles. The van der Waals surface area contributed by atoms with E-state index in [1.54, 1.807) is 18.3 Å². The molecule has 0 aliphatic heterocycles. The number of para-hydroxylation sites is 1. The molecule has 0 radical (unpaired) electrons. The Morgan fingerprint density at radius 1 is 1.08 bits per heavy atom. The maximum atomic E-state index is 13.0. The molecule has 4 aromatic rings. The van der Waals surface area contributed by atoms with E-state index in [-0.39, 0.29) is 18.1 Å². The van der Waals surface area contributed by atoms with Gasteiger partial charge < -0.3 is 5.32 Å². The molecule has 128 valence electrons. The van der Waals surface area contributed by atoms with Crippen LogP contribution in [0.1, 0.15) is 5.56 Å².